The van der Waals surface area contributed by atoms with E-state index in [1.807, 2.05) is 31.2 Å². The summed E-state index contributed by atoms with van der Waals surface area (Å²) >= 11 is 0. The molecule has 0 amide bonds. The Morgan fingerprint density at radius 2 is 1.29 bits per heavy atom. The van der Waals surface area contributed by atoms with Gasteiger partial charge in [0.1, 0.15) is 48.8 Å². The number of rotatable bonds is 7. The summed E-state index contributed by atoms with van der Waals surface area (Å²) in [6.07, 6.45) is -14.6. The summed E-state index contributed by atoms with van der Waals surface area (Å²) in [6, 6.07) is 7.49. The molecule has 31 heavy (non-hydrogen) atoms. The minimum absolute atomic E-state index is 0.104. The molecule has 0 radical (unpaired) electrons. The van der Waals surface area contributed by atoms with E-state index in [1.165, 1.54) is 0 Å². The molecule has 2 fully saturated rings. The quantitative estimate of drug-likeness (QED) is 0.229. The molecule has 2 aliphatic rings. The zero-order chi connectivity index (χ0) is 22.7. The highest BCUT2D eigenvalue weighted by atomic mass is 16.8. The van der Waals surface area contributed by atoms with E-state index in [0.29, 0.717) is 0 Å². The Kier molecular flexibility index (Phi) is 8.35. The van der Waals surface area contributed by atoms with Crippen molar-refractivity contribution >= 4 is 0 Å². The van der Waals surface area contributed by atoms with Crippen molar-refractivity contribution < 1.29 is 54.7 Å². The fraction of sp³-hybridized carbons (Fsp3) is 0.700. The molecule has 7 N–H and O–H groups in total. The van der Waals surface area contributed by atoms with Crippen LogP contribution >= 0.6 is 0 Å². The van der Waals surface area contributed by atoms with Crippen LogP contribution in [0.1, 0.15) is 11.1 Å². The number of benzene rings is 1. The number of hydrogen-bond donors (Lipinski definition) is 7. The van der Waals surface area contributed by atoms with Gasteiger partial charge in [0, 0.05) is 0 Å². The van der Waals surface area contributed by atoms with Gasteiger partial charge in [-0.2, -0.15) is 0 Å². The summed E-state index contributed by atoms with van der Waals surface area (Å²) in [5.41, 5.74) is 1.89. The van der Waals surface area contributed by atoms with Crippen molar-refractivity contribution in [2.75, 3.05) is 13.2 Å². The van der Waals surface area contributed by atoms with E-state index in [0.717, 1.165) is 11.1 Å². The smallest absolute Gasteiger partial charge is 0.189 e. The lowest BCUT2D eigenvalue weighted by atomic mass is 9.98. The topological polar surface area (TPSA) is 179 Å². The molecular formula is C20H30O11. The van der Waals surface area contributed by atoms with Gasteiger partial charge in [-0.25, -0.2) is 0 Å². The van der Waals surface area contributed by atoms with Gasteiger partial charge in [-0.1, -0.05) is 29.8 Å². The molecule has 1 aromatic rings. The molecule has 10 unspecified atom stereocenters. The average Bonchev–Trinajstić information content (AvgIpc) is 2.77. The summed E-state index contributed by atoms with van der Waals surface area (Å²) in [7, 11) is 0. The van der Waals surface area contributed by atoms with E-state index in [4.69, 9.17) is 18.9 Å². The molecule has 11 nitrogen and oxygen atoms in total. The lowest BCUT2D eigenvalue weighted by Gasteiger charge is -2.45. The van der Waals surface area contributed by atoms with Crippen molar-refractivity contribution in [1.82, 2.24) is 0 Å². The average molecular weight is 446 g/mol. The molecule has 2 saturated heterocycles. The largest absolute Gasteiger partial charge is 0.394 e. The highest BCUT2D eigenvalue weighted by molar-refractivity contribution is 5.20. The first-order valence-corrected chi connectivity index (χ1v) is 10.0. The Balaban J connectivity index is 1.64. The van der Waals surface area contributed by atoms with Crippen molar-refractivity contribution in [2.24, 2.45) is 0 Å². The highest BCUT2D eigenvalue weighted by Gasteiger charge is 2.50. The van der Waals surface area contributed by atoms with Crippen molar-refractivity contribution in [1.29, 1.82) is 0 Å². The number of hydrogen-bond acceptors (Lipinski definition) is 11. The Hall–Kier alpha value is -1.22. The minimum Gasteiger partial charge on any atom is -0.394 e. The summed E-state index contributed by atoms with van der Waals surface area (Å²) in [6.45, 7) is 0.830. The zero-order valence-corrected chi connectivity index (χ0v) is 17.0. The molecule has 176 valence electrons. The molecule has 2 aliphatic heterocycles. The second-order valence-electron chi connectivity index (χ2n) is 7.80. The minimum atomic E-state index is -1.71. The number of ether oxygens (including phenoxy) is 4. The molecule has 0 aliphatic carbocycles. The maximum Gasteiger partial charge on any atom is 0.189 e. The van der Waals surface area contributed by atoms with E-state index in [2.05, 4.69) is 0 Å². The van der Waals surface area contributed by atoms with Crippen molar-refractivity contribution in [3.63, 3.8) is 0 Å². The molecule has 10 atom stereocenters. The lowest BCUT2D eigenvalue weighted by Crippen LogP contribution is -2.64. The summed E-state index contributed by atoms with van der Waals surface area (Å²) < 4.78 is 21.8. The zero-order valence-electron chi connectivity index (χ0n) is 17.0. The summed E-state index contributed by atoms with van der Waals surface area (Å²) in [4.78, 5) is 0. The number of aliphatic hydroxyl groups excluding tert-OH is 7. The van der Waals surface area contributed by atoms with Gasteiger partial charge in [-0.15, -0.1) is 0 Å². The van der Waals surface area contributed by atoms with E-state index < -0.39 is 74.6 Å². The van der Waals surface area contributed by atoms with E-state index in [-0.39, 0.29) is 6.61 Å². The van der Waals surface area contributed by atoms with Crippen LogP contribution in [-0.2, 0) is 25.6 Å². The standard InChI is InChI=1S/C20H30O11/c1-9-2-4-10(5-3-9)8-28-18-12(7-22)30-20(17(27)15(18)25)31-19-16(26)14(24)13(23)11(6-21)29-19/h2-5,11-27H,6-8H2,1H3. The normalized spacial score (nSPS) is 41.3. The summed E-state index contributed by atoms with van der Waals surface area (Å²) in [5, 5.41) is 69.7. The van der Waals surface area contributed by atoms with Gasteiger partial charge >= 0.3 is 0 Å². The molecule has 3 rings (SSSR count). The molecule has 2 heterocycles. The van der Waals surface area contributed by atoms with Gasteiger partial charge < -0.3 is 54.7 Å². The van der Waals surface area contributed by atoms with Crippen LogP contribution in [0.2, 0.25) is 0 Å². The Bertz CT molecular complexity index is 682. The Labute approximate surface area is 179 Å². The van der Waals surface area contributed by atoms with Crippen molar-refractivity contribution in [3.8, 4) is 0 Å². The third-order valence-electron chi connectivity index (χ3n) is 5.50. The van der Waals surface area contributed by atoms with E-state index >= 15 is 0 Å². The second kappa shape index (κ2) is 10.6. The molecule has 11 heteroatoms. The maximum atomic E-state index is 10.5. The fourth-order valence-corrected chi connectivity index (χ4v) is 3.56. The first-order chi connectivity index (χ1) is 14.8. The Morgan fingerprint density at radius 1 is 0.742 bits per heavy atom. The van der Waals surface area contributed by atoms with E-state index in [1.54, 1.807) is 0 Å². The van der Waals surface area contributed by atoms with Crippen molar-refractivity contribution in [3.05, 3.63) is 35.4 Å². The van der Waals surface area contributed by atoms with Crippen LogP contribution in [0, 0.1) is 6.92 Å². The summed E-state index contributed by atoms with van der Waals surface area (Å²) in [5.74, 6) is 0. The lowest BCUT2D eigenvalue weighted by molar-refractivity contribution is -0.378. The number of aryl methyl sites for hydroxylation is 1. The third kappa shape index (κ3) is 5.41. The molecule has 0 spiro atoms. The van der Waals surface area contributed by atoms with Crippen LogP contribution in [-0.4, -0.2) is 110 Å². The first kappa shape index (κ1) is 24.4. The van der Waals surface area contributed by atoms with Gasteiger partial charge in [0.25, 0.3) is 0 Å². The Morgan fingerprint density at radius 3 is 1.87 bits per heavy atom. The second-order valence-corrected chi connectivity index (χ2v) is 7.80. The highest BCUT2D eigenvalue weighted by Crippen LogP contribution is 2.29. The van der Waals surface area contributed by atoms with Crippen LogP contribution in [0.5, 0.6) is 0 Å². The monoisotopic (exact) mass is 446 g/mol. The number of aliphatic hydroxyl groups is 7. The third-order valence-corrected chi connectivity index (χ3v) is 5.50. The van der Waals surface area contributed by atoms with Crippen LogP contribution in [0.25, 0.3) is 0 Å². The van der Waals surface area contributed by atoms with Crippen molar-refractivity contribution in [2.45, 2.75) is 74.9 Å². The first-order valence-electron chi connectivity index (χ1n) is 10.0. The van der Waals surface area contributed by atoms with E-state index in [9.17, 15) is 35.7 Å². The SMILES string of the molecule is Cc1ccc(COC2C(CO)OC(OC3OC(CO)C(O)C(O)C3O)C(O)C2O)cc1. The van der Waals surface area contributed by atoms with Crippen LogP contribution < -0.4 is 0 Å². The van der Waals surface area contributed by atoms with Crippen LogP contribution in [0.15, 0.2) is 24.3 Å². The van der Waals surface area contributed by atoms with Crippen LogP contribution in [0.4, 0.5) is 0 Å². The van der Waals surface area contributed by atoms with Crippen LogP contribution in [0.3, 0.4) is 0 Å². The van der Waals surface area contributed by atoms with Gasteiger partial charge in [-0.3, -0.25) is 0 Å². The molecule has 0 saturated carbocycles. The van der Waals surface area contributed by atoms with Gasteiger partial charge in [0.2, 0.25) is 0 Å². The van der Waals surface area contributed by atoms with Gasteiger partial charge in [0.15, 0.2) is 12.6 Å². The molecule has 0 aromatic heterocycles. The fourth-order valence-electron chi connectivity index (χ4n) is 3.56. The van der Waals surface area contributed by atoms with Gasteiger partial charge in [-0.05, 0) is 12.5 Å². The molecular weight excluding hydrogens is 416 g/mol. The molecule has 1 aromatic carbocycles. The van der Waals surface area contributed by atoms with Gasteiger partial charge in [0.05, 0.1) is 19.8 Å². The predicted molar refractivity (Wildman–Crippen MR) is 102 cm³/mol. The molecule has 0 bridgehead atoms. The maximum absolute atomic E-state index is 10.5. The predicted octanol–water partition coefficient (Wildman–Crippen LogP) is -2.86.